The standard InChI is InChI=1S/C14H16BrN/c1-9-7-10-5-6-11(14(2,3)4)8-12(10)13(15)16-9/h5-8H,1-4H3. The molecule has 2 aromatic rings. The fourth-order valence-corrected chi connectivity index (χ4v) is 2.42. The van der Waals surface area contributed by atoms with Crippen molar-refractivity contribution in [1.82, 2.24) is 4.98 Å². The molecule has 1 nitrogen and oxygen atoms in total. The number of aromatic nitrogens is 1. The van der Waals surface area contributed by atoms with Gasteiger partial charge in [-0.25, -0.2) is 4.98 Å². The van der Waals surface area contributed by atoms with Crippen LogP contribution in [-0.2, 0) is 5.41 Å². The van der Waals surface area contributed by atoms with Gasteiger partial charge in [-0.15, -0.1) is 0 Å². The van der Waals surface area contributed by atoms with Crippen LogP contribution in [0.2, 0.25) is 0 Å². The Morgan fingerprint density at radius 1 is 1.12 bits per heavy atom. The summed E-state index contributed by atoms with van der Waals surface area (Å²) in [5.74, 6) is 0. The first-order valence-corrected chi connectivity index (χ1v) is 6.24. The highest BCUT2D eigenvalue weighted by Gasteiger charge is 2.14. The molecule has 0 bridgehead atoms. The second-order valence-electron chi connectivity index (χ2n) is 5.24. The van der Waals surface area contributed by atoms with Gasteiger partial charge < -0.3 is 0 Å². The van der Waals surface area contributed by atoms with Crippen LogP contribution in [0.25, 0.3) is 10.8 Å². The van der Waals surface area contributed by atoms with Gasteiger partial charge in [0, 0.05) is 11.1 Å². The first-order chi connectivity index (χ1) is 7.38. The van der Waals surface area contributed by atoms with Gasteiger partial charge in [-0.3, -0.25) is 0 Å². The molecule has 0 fully saturated rings. The van der Waals surface area contributed by atoms with Gasteiger partial charge in [0.05, 0.1) is 0 Å². The summed E-state index contributed by atoms with van der Waals surface area (Å²) in [5.41, 5.74) is 2.56. The molecular weight excluding hydrogens is 262 g/mol. The molecule has 0 atom stereocenters. The Morgan fingerprint density at radius 3 is 2.44 bits per heavy atom. The van der Waals surface area contributed by atoms with Crippen LogP contribution in [0.4, 0.5) is 0 Å². The molecule has 0 aliphatic rings. The molecule has 0 aliphatic carbocycles. The summed E-state index contributed by atoms with van der Waals surface area (Å²) in [6, 6.07) is 8.72. The van der Waals surface area contributed by atoms with Gasteiger partial charge in [-0.05, 0) is 51.4 Å². The van der Waals surface area contributed by atoms with E-state index in [0.29, 0.717) is 0 Å². The summed E-state index contributed by atoms with van der Waals surface area (Å²) < 4.78 is 0.939. The van der Waals surface area contributed by atoms with Crippen LogP contribution in [0.1, 0.15) is 32.0 Å². The Morgan fingerprint density at radius 2 is 1.81 bits per heavy atom. The van der Waals surface area contributed by atoms with Gasteiger partial charge in [0.2, 0.25) is 0 Å². The van der Waals surface area contributed by atoms with E-state index in [1.807, 2.05) is 6.92 Å². The first-order valence-electron chi connectivity index (χ1n) is 5.45. The number of rotatable bonds is 0. The summed E-state index contributed by atoms with van der Waals surface area (Å²) in [6.07, 6.45) is 0. The van der Waals surface area contributed by atoms with E-state index in [0.717, 1.165) is 10.3 Å². The zero-order valence-corrected chi connectivity index (χ0v) is 11.7. The minimum atomic E-state index is 0.179. The van der Waals surface area contributed by atoms with E-state index in [1.54, 1.807) is 0 Å². The lowest BCUT2D eigenvalue weighted by Crippen LogP contribution is -2.10. The highest BCUT2D eigenvalue weighted by atomic mass is 79.9. The van der Waals surface area contributed by atoms with Crippen molar-refractivity contribution < 1.29 is 0 Å². The second kappa shape index (κ2) is 3.85. The van der Waals surface area contributed by atoms with Gasteiger partial charge in [0.25, 0.3) is 0 Å². The molecule has 0 amide bonds. The van der Waals surface area contributed by atoms with E-state index in [4.69, 9.17) is 0 Å². The van der Waals surface area contributed by atoms with Crippen LogP contribution in [0.5, 0.6) is 0 Å². The predicted molar refractivity (Wildman–Crippen MR) is 72.9 cm³/mol. The summed E-state index contributed by atoms with van der Waals surface area (Å²) in [6.45, 7) is 8.69. The van der Waals surface area contributed by atoms with Gasteiger partial charge in [0.1, 0.15) is 4.60 Å². The van der Waals surface area contributed by atoms with Crippen molar-refractivity contribution >= 4 is 26.7 Å². The second-order valence-corrected chi connectivity index (χ2v) is 5.99. The van der Waals surface area contributed by atoms with Crippen molar-refractivity contribution in [3.8, 4) is 0 Å². The summed E-state index contributed by atoms with van der Waals surface area (Å²) in [4.78, 5) is 4.44. The molecule has 0 saturated carbocycles. The maximum Gasteiger partial charge on any atom is 0.114 e. The van der Waals surface area contributed by atoms with Crippen molar-refractivity contribution in [3.05, 3.63) is 40.1 Å². The van der Waals surface area contributed by atoms with Gasteiger partial charge >= 0.3 is 0 Å². The van der Waals surface area contributed by atoms with E-state index in [9.17, 15) is 0 Å². The van der Waals surface area contributed by atoms with E-state index in [-0.39, 0.29) is 5.41 Å². The lowest BCUT2D eigenvalue weighted by molar-refractivity contribution is 0.591. The molecule has 84 valence electrons. The van der Waals surface area contributed by atoms with Crippen LogP contribution in [0, 0.1) is 6.92 Å². The molecule has 1 aromatic heterocycles. The lowest BCUT2D eigenvalue weighted by atomic mass is 9.86. The number of nitrogens with zero attached hydrogens (tertiary/aromatic N) is 1. The average molecular weight is 278 g/mol. The van der Waals surface area contributed by atoms with Gasteiger partial charge in [-0.1, -0.05) is 32.9 Å². The fraction of sp³-hybridized carbons (Fsp3) is 0.357. The Bertz CT molecular complexity index is 538. The zero-order chi connectivity index (χ0) is 11.9. The summed E-state index contributed by atoms with van der Waals surface area (Å²) >= 11 is 3.54. The van der Waals surface area contributed by atoms with E-state index in [1.165, 1.54) is 16.3 Å². The third kappa shape index (κ3) is 2.12. The molecule has 0 spiro atoms. The van der Waals surface area contributed by atoms with E-state index < -0.39 is 0 Å². The SMILES string of the molecule is Cc1cc2ccc(C(C)(C)C)cc2c(Br)n1. The molecule has 2 heteroatoms. The van der Waals surface area contributed by atoms with Gasteiger partial charge in [0.15, 0.2) is 0 Å². The molecule has 0 saturated heterocycles. The van der Waals surface area contributed by atoms with Crippen LogP contribution >= 0.6 is 15.9 Å². The molecule has 0 N–H and O–H groups in total. The highest BCUT2D eigenvalue weighted by molar-refractivity contribution is 9.10. The predicted octanol–water partition coefficient (Wildman–Crippen LogP) is 4.60. The molecule has 0 unspecified atom stereocenters. The van der Waals surface area contributed by atoms with Crippen LogP contribution in [-0.4, -0.2) is 4.98 Å². The van der Waals surface area contributed by atoms with Crippen LogP contribution < -0.4 is 0 Å². The smallest absolute Gasteiger partial charge is 0.114 e. The first kappa shape index (κ1) is 11.6. The topological polar surface area (TPSA) is 12.9 Å². The normalized spacial score (nSPS) is 12.1. The van der Waals surface area contributed by atoms with Crippen molar-refractivity contribution in [3.63, 3.8) is 0 Å². The third-order valence-corrected chi connectivity index (χ3v) is 3.38. The Kier molecular flexibility index (Phi) is 2.79. The quantitative estimate of drug-likeness (QED) is 0.641. The number of pyridine rings is 1. The monoisotopic (exact) mass is 277 g/mol. The Balaban J connectivity index is 2.72. The van der Waals surface area contributed by atoms with Crippen LogP contribution in [0.15, 0.2) is 28.9 Å². The summed E-state index contributed by atoms with van der Waals surface area (Å²) in [5, 5.41) is 2.44. The maximum atomic E-state index is 4.44. The number of hydrogen-bond acceptors (Lipinski definition) is 1. The number of fused-ring (bicyclic) bond motifs is 1. The Labute approximate surface area is 105 Å². The van der Waals surface area contributed by atoms with Crippen molar-refractivity contribution in [2.24, 2.45) is 0 Å². The minimum Gasteiger partial charge on any atom is -0.246 e. The number of hydrogen-bond donors (Lipinski definition) is 0. The Hall–Kier alpha value is -0.890. The molecule has 2 rings (SSSR count). The van der Waals surface area contributed by atoms with Crippen molar-refractivity contribution in [2.45, 2.75) is 33.1 Å². The summed E-state index contributed by atoms with van der Waals surface area (Å²) in [7, 11) is 0. The van der Waals surface area contributed by atoms with Crippen molar-refractivity contribution in [1.29, 1.82) is 0 Å². The molecule has 1 aromatic carbocycles. The van der Waals surface area contributed by atoms with E-state index in [2.05, 4.69) is 66.0 Å². The molecule has 1 heterocycles. The third-order valence-electron chi connectivity index (χ3n) is 2.78. The van der Waals surface area contributed by atoms with Gasteiger partial charge in [-0.2, -0.15) is 0 Å². The maximum absolute atomic E-state index is 4.44. The van der Waals surface area contributed by atoms with Crippen molar-refractivity contribution in [2.75, 3.05) is 0 Å². The number of aryl methyl sites for hydroxylation is 1. The highest BCUT2D eigenvalue weighted by Crippen LogP contribution is 2.29. The van der Waals surface area contributed by atoms with Crippen LogP contribution in [0.3, 0.4) is 0 Å². The van der Waals surface area contributed by atoms with E-state index >= 15 is 0 Å². The minimum absolute atomic E-state index is 0.179. The molecular formula is C14H16BrN. The molecule has 0 radical (unpaired) electrons. The largest absolute Gasteiger partial charge is 0.246 e. The molecule has 16 heavy (non-hydrogen) atoms. The number of halogens is 1. The molecule has 0 aliphatic heterocycles. The fourth-order valence-electron chi connectivity index (χ4n) is 1.80. The average Bonchev–Trinajstić information content (AvgIpc) is 2.15. The number of benzene rings is 1. The lowest BCUT2D eigenvalue weighted by Gasteiger charge is -2.19. The zero-order valence-electron chi connectivity index (χ0n) is 10.1.